The molecule has 2 rings (SSSR count). The van der Waals surface area contributed by atoms with Crippen molar-refractivity contribution in [2.75, 3.05) is 34.2 Å². The molecule has 1 aromatic rings. The first kappa shape index (κ1) is 24.6. The Hall–Kier alpha value is -1.40. The normalized spacial score (nSPS) is 17.9. The van der Waals surface area contributed by atoms with E-state index in [1.165, 1.54) is 18.4 Å². The fraction of sp³-hybridized carbons (Fsp3) is 0.556. The number of sulfonamides is 1. The molecule has 0 aromatic heterocycles. The van der Waals surface area contributed by atoms with Crippen LogP contribution in [0.2, 0.25) is 0 Å². The Morgan fingerprint density at radius 2 is 2.04 bits per heavy atom. The van der Waals surface area contributed by atoms with E-state index in [2.05, 4.69) is 15.2 Å². The smallest absolute Gasteiger partial charge is 0.242 e. The third-order valence-corrected chi connectivity index (χ3v) is 6.60. The van der Waals surface area contributed by atoms with E-state index in [4.69, 9.17) is 5.73 Å². The van der Waals surface area contributed by atoms with Crippen LogP contribution in [-0.4, -0.2) is 63.7 Å². The molecule has 0 aliphatic carbocycles. The number of nitrogens with one attached hydrogen (secondary N) is 1. The van der Waals surface area contributed by atoms with Gasteiger partial charge in [-0.2, -0.15) is 0 Å². The summed E-state index contributed by atoms with van der Waals surface area (Å²) in [5, 5.41) is 3.26. The van der Waals surface area contributed by atoms with Gasteiger partial charge in [-0.05, 0) is 30.4 Å². The van der Waals surface area contributed by atoms with Gasteiger partial charge in [-0.15, -0.1) is 24.0 Å². The molecule has 1 amide bonds. The van der Waals surface area contributed by atoms with Gasteiger partial charge in [-0.3, -0.25) is 9.79 Å². The first-order chi connectivity index (χ1) is 12.8. The number of carbonyl (C=O) groups is 1. The van der Waals surface area contributed by atoms with E-state index in [1.54, 1.807) is 25.2 Å². The highest BCUT2D eigenvalue weighted by atomic mass is 127. The van der Waals surface area contributed by atoms with Crippen molar-refractivity contribution in [3.05, 3.63) is 29.8 Å². The molecular formula is C18H30IN5O3S. The number of benzene rings is 1. The SMILES string of the molecule is CN=C(NCc1ccccc1S(=O)(=O)N(C)C)N1CCCC(CC(N)=O)C1.I. The molecule has 28 heavy (non-hydrogen) atoms. The number of halogens is 1. The number of primary amides is 1. The van der Waals surface area contributed by atoms with E-state index < -0.39 is 10.0 Å². The van der Waals surface area contributed by atoms with Crippen LogP contribution in [0.4, 0.5) is 0 Å². The van der Waals surface area contributed by atoms with E-state index >= 15 is 0 Å². The number of piperidine rings is 1. The van der Waals surface area contributed by atoms with Gasteiger partial charge in [-0.25, -0.2) is 12.7 Å². The average molecular weight is 523 g/mol. The average Bonchev–Trinajstić information content (AvgIpc) is 2.62. The number of guanidine groups is 1. The molecule has 0 radical (unpaired) electrons. The van der Waals surface area contributed by atoms with Gasteiger partial charge in [0.05, 0.1) is 4.90 Å². The molecule has 1 saturated heterocycles. The van der Waals surface area contributed by atoms with Crippen LogP contribution in [0.5, 0.6) is 0 Å². The lowest BCUT2D eigenvalue weighted by Crippen LogP contribution is -2.47. The Bertz CT molecular complexity index is 798. The number of carbonyl (C=O) groups excluding carboxylic acids is 1. The summed E-state index contributed by atoms with van der Waals surface area (Å²) in [6.45, 7) is 1.89. The van der Waals surface area contributed by atoms with E-state index in [0.29, 0.717) is 31.0 Å². The molecular weight excluding hydrogens is 493 g/mol. The van der Waals surface area contributed by atoms with Gasteiger partial charge < -0.3 is 16.0 Å². The van der Waals surface area contributed by atoms with Gasteiger partial charge >= 0.3 is 0 Å². The fourth-order valence-electron chi connectivity index (χ4n) is 3.31. The van der Waals surface area contributed by atoms with Crippen molar-refractivity contribution >= 4 is 45.9 Å². The molecule has 1 fully saturated rings. The summed E-state index contributed by atoms with van der Waals surface area (Å²) in [7, 11) is 1.21. The van der Waals surface area contributed by atoms with E-state index in [9.17, 15) is 13.2 Å². The minimum Gasteiger partial charge on any atom is -0.370 e. The number of hydrogen-bond donors (Lipinski definition) is 2. The largest absolute Gasteiger partial charge is 0.370 e. The summed E-state index contributed by atoms with van der Waals surface area (Å²) in [5.41, 5.74) is 6.01. The number of nitrogens with two attached hydrogens (primary N) is 1. The van der Waals surface area contributed by atoms with Crippen LogP contribution in [0.15, 0.2) is 34.2 Å². The summed E-state index contributed by atoms with van der Waals surface area (Å²) in [6, 6.07) is 6.94. The Labute approximate surface area is 184 Å². The predicted octanol–water partition coefficient (Wildman–Crippen LogP) is 1.22. The maximum absolute atomic E-state index is 12.5. The van der Waals surface area contributed by atoms with Gasteiger partial charge in [0.15, 0.2) is 5.96 Å². The minimum atomic E-state index is -3.52. The summed E-state index contributed by atoms with van der Waals surface area (Å²) >= 11 is 0. The number of nitrogens with zero attached hydrogens (tertiary/aromatic N) is 3. The molecule has 10 heteroatoms. The first-order valence-corrected chi connectivity index (χ1v) is 10.4. The van der Waals surface area contributed by atoms with Crippen molar-refractivity contribution in [1.29, 1.82) is 0 Å². The van der Waals surface area contributed by atoms with Crippen molar-refractivity contribution in [2.45, 2.75) is 30.7 Å². The van der Waals surface area contributed by atoms with Crippen LogP contribution in [-0.2, 0) is 21.4 Å². The number of hydrogen-bond acceptors (Lipinski definition) is 4. The lowest BCUT2D eigenvalue weighted by Gasteiger charge is -2.34. The third-order valence-electron chi connectivity index (χ3n) is 4.69. The van der Waals surface area contributed by atoms with Gasteiger partial charge in [0, 0.05) is 47.2 Å². The van der Waals surface area contributed by atoms with Crippen LogP contribution in [0.25, 0.3) is 0 Å². The quantitative estimate of drug-likeness (QED) is 0.331. The van der Waals surface area contributed by atoms with Crippen LogP contribution < -0.4 is 11.1 Å². The summed E-state index contributed by atoms with van der Waals surface area (Å²) in [5.74, 6) is 0.630. The summed E-state index contributed by atoms with van der Waals surface area (Å²) < 4.78 is 26.3. The van der Waals surface area contributed by atoms with E-state index in [1.807, 2.05) is 6.07 Å². The van der Waals surface area contributed by atoms with Crippen LogP contribution in [0.1, 0.15) is 24.8 Å². The van der Waals surface area contributed by atoms with E-state index in [-0.39, 0.29) is 40.7 Å². The van der Waals surface area contributed by atoms with Crippen molar-refractivity contribution in [3.8, 4) is 0 Å². The molecule has 0 bridgehead atoms. The monoisotopic (exact) mass is 523 g/mol. The highest BCUT2D eigenvalue weighted by Crippen LogP contribution is 2.21. The first-order valence-electron chi connectivity index (χ1n) is 9.00. The third kappa shape index (κ3) is 6.31. The molecule has 1 heterocycles. The lowest BCUT2D eigenvalue weighted by atomic mass is 9.95. The number of aliphatic imine (C=N–C) groups is 1. The van der Waals surface area contributed by atoms with Crippen LogP contribution in [0.3, 0.4) is 0 Å². The maximum Gasteiger partial charge on any atom is 0.242 e. The van der Waals surface area contributed by atoms with Gasteiger partial charge in [0.1, 0.15) is 0 Å². The second-order valence-corrected chi connectivity index (χ2v) is 9.04. The molecule has 3 N–H and O–H groups in total. The highest BCUT2D eigenvalue weighted by Gasteiger charge is 2.24. The molecule has 1 aliphatic rings. The number of amides is 1. The van der Waals surface area contributed by atoms with Gasteiger partial charge in [-0.1, -0.05) is 18.2 Å². The van der Waals surface area contributed by atoms with Gasteiger partial charge in [0.2, 0.25) is 15.9 Å². The molecule has 0 spiro atoms. The molecule has 1 unspecified atom stereocenters. The van der Waals surface area contributed by atoms with Crippen LogP contribution >= 0.6 is 24.0 Å². The second kappa shape index (κ2) is 11.0. The molecule has 8 nitrogen and oxygen atoms in total. The Balaban J connectivity index is 0.00000392. The van der Waals surface area contributed by atoms with Crippen molar-refractivity contribution in [2.24, 2.45) is 16.6 Å². The summed E-state index contributed by atoms with van der Waals surface area (Å²) in [4.78, 5) is 17.9. The predicted molar refractivity (Wildman–Crippen MR) is 121 cm³/mol. The Morgan fingerprint density at radius 3 is 2.64 bits per heavy atom. The van der Waals surface area contributed by atoms with Crippen molar-refractivity contribution < 1.29 is 13.2 Å². The molecule has 1 aromatic carbocycles. The Morgan fingerprint density at radius 1 is 1.36 bits per heavy atom. The molecule has 1 atom stereocenters. The van der Waals surface area contributed by atoms with Crippen molar-refractivity contribution in [1.82, 2.24) is 14.5 Å². The highest BCUT2D eigenvalue weighted by molar-refractivity contribution is 14.0. The zero-order valence-electron chi connectivity index (χ0n) is 16.6. The topological polar surface area (TPSA) is 108 Å². The zero-order chi connectivity index (χ0) is 20.0. The lowest BCUT2D eigenvalue weighted by molar-refractivity contribution is -0.119. The van der Waals surface area contributed by atoms with Crippen molar-refractivity contribution in [3.63, 3.8) is 0 Å². The maximum atomic E-state index is 12.5. The molecule has 0 saturated carbocycles. The number of rotatable bonds is 6. The second-order valence-electron chi connectivity index (χ2n) is 6.92. The standard InChI is InChI=1S/C18H29N5O3S.HI/c1-20-18(23-10-6-7-14(13-23)11-17(19)24)21-12-15-8-4-5-9-16(15)27(25,26)22(2)3;/h4-5,8-9,14H,6-7,10-13H2,1-3H3,(H2,19,24)(H,20,21);1H. The zero-order valence-corrected chi connectivity index (χ0v) is 19.7. The summed E-state index contributed by atoms with van der Waals surface area (Å²) in [6.07, 6.45) is 2.31. The molecule has 1 aliphatic heterocycles. The Kier molecular flexibility index (Phi) is 9.64. The fourth-order valence-corrected chi connectivity index (χ4v) is 4.43. The van der Waals surface area contributed by atoms with Crippen LogP contribution in [0, 0.1) is 5.92 Å². The van der Waals surface area contributed by atoms with Gasteiger partial charge in [0.25, 0.3) is 0 Å². The minimum absolute atomic E-state index is 0. The number of likely N-dealkylation sites (tertiary alicyclic amines) is 1. The van der Waals surface area contributed by atoms with E-state index in [0.717, 1.165) is 19.4 Å². The molecule has 158 valence electrons.